The first-order valence-electron chi connectivity index (χ1n) is 5.13. The Labute approximate surface area is 97.0 Å². The molecule has 0 amide bonds. The van der Waals surface area contributed by atoms with Crippen molar-refractivity contribution in [2.45, 2.75) is 0 Å². The van der Waals surface area contributed by atoms with E-state index in [1.807, 2.05) is 12.1 Å². The molecule has 0 bridgehead atoms. The predicted molar refractivity (Wildman–Crippen MR) is 65.4 cm³/mol. The smallest absolute Gasteiger partial charge is 0.220 e. The second-order valence-corrected chi connectivity index (χ2v) is 3.75. The number of nitrogens with zero attached hydrogens (tertiary/aromatic N) is 2. The zero-order chi connectivity index (χ0) is 11.8. The Hall–Kier alpha value is -2.56. The zero-order valence-corrected chi connectivity index (χ0v) is 8.88. The summed E-state index contributed by atoms with van der Waals surface area (Å²) in [7, 11) is 0. The lowest BCUT2D eigenvalue weighted by Gasteiger charge is -1.96. The van der Waals surface area contributed by atoms with E-state index >= 15 is 0 Å². The van der Waals surface area contributed by atoms with Crippen molar-refractivity contribution < 1.29 is 5.11 Å². The van der Waals surface area contributed by atoms with Crippen molar-refractivity contribution in [3.05, 3.63) is 36.5 Å². The number of nitrogens with one attached hydrogen (secondary N) is 1. The van der Waals surface area contributed by atoms with Gasteiger partial charge < -0.3 is 15.8 Å². The number of aromatic hydroxyl groups is 1. The highest BCUT2D eigenvalue weighted by atomic mass is 16.3. The number of phenolic OH excluding ortho intramolecular Hbond substituents is 1. The van der Waals surface area contributed by atoms with E-state index in [4.69, 9.17) is 5.73 Å². The number of nitrogen functional groups attached to an aromatic ring is 1. The number of fused-ring (bicyclic) bond motifs is 1. The van der Waals surface area contributed by atoms with E-state index in [2.05, 4.69) is 15.0 Å². The van der Waals surface area contributed by atoms with Gasteiger partial charge in [-0.2, -0.15) is 0 Å². The van der Waals surface area contributed by atoms with Crippen LogP contribution in [0.15, 0.2) is 36.5 Å². The molecule has 0 saturated heterocycles. The SMILES string of the molecule is Nc1nccc(-c2cc3cc(O)ccc3[nH]2)n1. The lowest BCUT2D eigenvalue weighted by molar-refractivity contribution is 0.476. The minimum Gasteiger partial charge on any atom is -0.508 e. The molecule has 84 valence electrons. The molecule has 4 N–H and O–H groups in total. The number of hydrogen-bond donors (Lipinski definition) is 3. The van der Waals surface area contributed by atoms with Crippen molar-refractivity contribution in [1.29, 1.82) is 0 Å². The fraction of sp³-hybridized carbons (Fsp3) is 0. The fourth-order valence-electron chi connectivity index (χ4n) is 1.78. The van der Waals surface area contributed by atoms with Crippen LogP contribution in [0.4, 0.5) is 5.95 Å². The Kier molecular flexibility index (Phi) is 1.98. The van der Waals surface area contributed by atoms with Crippen LogP contribution in [0.2, 0.25) is 0 Å². The molecule has 1 aromatic carbocycles. The van der Waals surface area contributed by atoms with Gasteiger partial charge >= 0.3 is 0 Å². The summed E-state index contributed by atoms with van der Waals surface area (Å²) >= 11 is 0. The van der Waals surface area contributed by atoms with Crippen LogP contribution in [0, 0.1) is 0 Å². The Morgan fingerprint density at radius 1 is 1.18 bits per heavy atom. The van der Waals surface area contributed by atoms with Gasteiger partial charge in [-0.3, -0.25) is 0 Å². The predicted octanol–water partition coefficient (Wildman–Crippen LogP) is 1.91. The third-order valence-corrected chi connectivity index (χ3v) is 2.55. The van der Waals surface area contributed by atoms with E-state index in [1.165, 1.54) is 0 Å². The average Bonchev–Trinajstić information content (AvgIpc) is 2.72. The highest BCUT2D eigenvalue weighted by molar-refractivity contribution is 5.86. The summed E-state index contributed by atoms with van der Waals surface area (Å²) in [5.74, 6) is 0.481. The highest BCUT2D eigenvalue weighted by Gasteiger charge is 2.05. The van der Waals surface area contributed by atoms with E-state index in [0.717, 1.165) is 22.3 Å². The van der Waals surface area contributed by atoms with Gasteiger partial charge in [0.2, 0.25) is 5.95 Å². The first-order chi connectivity index (χ1) is 8.22. The van der Waals surface area contributed by atoms with Crippen molar-refractivity contribution in [3.63, 3.8) is 0 Å². The van der Waals surface area contributed by atoms with E-state index in [9.17, 15) is 5.11 Å². The number of rotatable bonds is 1. The number of aromatic nitrogens is 3. The summed E-state index contributed by atoms with van der Waals surface area (Å²) in [5, 5.41) is 10.3. The molecule has 3 rings (SSSR count). The van der Waals surface area contributed by atoms with Gasteiger partial charge in [-0.25, -0.2) is 9.97 Å². The summed E-state index contributed by atoms with van der Waals surface area (Å²) in [4.78, 5) is 11.2. The lowest BCUT2D eigenvalue weighted by Crippen LogP contribution is -1.94. The quantitative estimate of drug-likeness (QED) is 0.591. The fourth-order valence-corrected chi connectivity index (χ4v) is 1.78. The first-order valence-corrected chi connectivity index (χ1v) is 5.13. The number of benzene rings is 1. The second kappa shape index (κ2) is 3.48. The van der Waals surface area contributed by atoms with Crippen LogP contribution < -0.4 is 5.73 Å². The van der Waals surface area contributed by atoms with E-state index in [1.54, 1.807) is 24.4 Å². The maximum Gasteiger partial charge on any atom is 0.220 e. The monoisotopic (exact) mass is 226 g/mol. The van der Waals surface area contributed by atoms with E-state index in [0.29, 0.717) is 0 Å². The summed E-state index contributed by atoms with van der Waals surface area (Å²) < 4.78 is 0. The molecule has 2 aromatic heterocycles. The van der Waals surface area contributed by atoms with Gasteiger partial charge in [0.15, 0.2) is 0 Å². The van der Waals surface area contributed by atoms with Crippen LogP contribution in [0.25, 0.3) is 22.3 Å². The molecule has 5 nitrogen and oxygen atoms in total. The van der Waals surface area contributed by atoms with Crippen LogP contribution in [0.3, 0.4) is 0 Å². The van der Waals surface area contributed by atoms with Crippen molar-refractivity contribution in [1.82, 2.24) is 15.0 Å². The molecule has 17 heavy (non-hydrogen) atoms. The summed E-state index contributed by atoms with van der Waals surface area (Å²) in [6, 6.07) is 8.84. The third-order valence-electron chi connectivity index (χ3n) is 2.55. The number of anilines is 1. The number of aromatic amines is 1. The normalized spacial score (nSPS) is 10.8. The standard InChI is InChI=1S/C12H10N4O/c13-12-14-4-3-10(16-12)11-6-7-5-8(17)1-2-9(7)15-11/h1-6,15,17H,(H2,13,14,16). The Morgan fingerprint density at radius 2 is 2.06 bits per heavy atom. The van der Waals surface area contributed by atoms with Crippen molar-refractivity contribution in [2.75, 3.05) is 5.73 Å². The molecular formula is C12H10N4O. The molecule has 0 aliphatic carbocycles. The summed E-state index contributed by atoms with van der Waals surface area (Å²) in [5.41, 5.74) is 8.05. The van der Waals surface area contributed by atoms with Crippen LogP contribution in [0.5, 0.6) is 5.75 Å². The maximum atomic E-state index is 9.39. The van der Waals surface area contributed by atoms with Gasteiger partial charge in [-0.1, -0.05) is 0 Å². The molecule has 0 aliphatic rings. The van der Waals surface area contributed by atoms with Gasteiger partial charge in [0.05, 0.1) is 11.4 Å². The Balaban J connectivity index is 2.18. The number of nitrogens with two attached hydrogens (primary N) is 1. The second-order valence-electron chi connectivity index (χ2n) is 3.75. The van der Waals surface area contributed by atoms with Gasteiger partial charge in [-0.15, -0.1) is 0 Å². The molecule has 3 aromatic rings. The van der Waals surface area contributed by atoms with Gasteiger partial charge in [0.1, 0.15) is 5.75 Å². The Bertz CT molecular complexity index is 690. The largest absolute Gasteiger partial charge is 0.508 e. The summed E-state index contributed by atoms with van der Waals surface area (Å²) in [6.45, 7) is 0. The van der Waals surface area contributed by atoms with E-state index in [-0.39, 0.29) is 11.7 Å². The molecule has 0 aliphatic heterocycles. The zero-order valence-electron chi connectivity index (χ0n) is 8.88. The van der Waals surface area contributed by atoms with Crippen molar-refractivity contribution >= 4 is 16.9 Å². The number of hydrogen-bond acceptors (Lipinski definition) is 4. The molecule has 0 radical (unpaired) electrons. The minimum absolute atomic E-state index is 0.240. The van der Waals surface area contributed by atoms with Gasteiger partial charge in [-0.05, 0) is 30.3 Å². The van der Waals surface area contributed by atoms with Crippen LogP contribution in [0.1, 0.15) is 0 Å². The van der Waals surface area contributed by atoms with Gasteiger partial charge in [0, 0.05) is 17.1 Å². The van der Waals surface area contributed by atoms with Crippen molar-refractivity contribution in [2.24, 2.45) is 0 Å². The Morgan fingerprint density at radius 3 is 2.88 bits per heavy atom. The molecule has 0 unspecified atom stereocenters. The van der Waals surface area contributed by atoms with Crippen molar-refractivity contribution in [3.8, 4) is 17.1 Å². The maximum absolute atomic E-state index is 9.39. The molecule has 5 heteroatoms. The third kappa shape index (κ3) is 1.67. The van der Waals surface area contributed by atoms with E-state index < -0.39 is 0 Å². The first kappa shape index (κ1) is 9.65. The molecule has 0 atom stereocenters. The summed E-state index contributed by atoms with van der Waals surface area (Å²) in [6.07, 6.45) is 1.61. The highest BCUT2D eigenvalue weighted by Crippen LogP contribution is 2.25. The van der Waals surface area contributed by atoms with Crippen LogP contribution in [-0.4, -0.2) is 20.1 Å². The lowest BCUT2D eigenvalue weighted by atomic mass is 10.2. The number of H-pyrrole nitrogens is 1. The molecular weight excluding hydrogens is 216 g/mol. The molecule has 0 saturated carbocycles. The van der Waals surface area contributed by atoms with Crippen LogP contribution >= 0.6 is 0 Å². The van der Waals surface area contributed by atoms with Crippen LogP contribution in [-0.2, 0) is 0 Å². The molecule has 0 fully saturated rings. The number of phenols is 1. The average molecular weight is 226 g/mol. The molecule has 2 heterocycles. The topological polar surface area (TPSA) is 87.8 Å². The minimum atomic E-state index is 0.240. The molecule has 0 spiro atoms. The van der Waals surface area contributed by atoms with Gasteiger partial charge in [0.25, 0.3) is 0 Å².